The molecule has 3 nitrogen and oxygen atoms in total. The van der Waals surface area contributed by atoms with Gasteiger partial charge < -0.3 is 10.2 Å². The van der Waals surface area contributed by atoms with Crippen molar-refractivity contribution in [2.75, 3.05) is 0 Å². The van der Waals surface area contributed by atoms with Gasteiger partial charge in [-0.3, -0.25) is 4.79 Å². The molecule has 2 N–H and O–H groups in total. The van der Waals surface area contributed by atoms with Gasteiger partial charge in [-0.05, 0) is 34.8 Å². The summed E-state index contributed by atoms with van der Waals surface area (Å²) in [5, 5.41) is 18.7. The topological polar surface area (TPSA) is 57.5 Å². The van der Waals surface area contributed by atoms with E-state index in [9.17, 15) is 19.4 Å². The van der Waals surface area contributed by atoms with Crippen LogP contribution in [0.25, 0.3) is 0 Å². The minimum absolute atomic E-state index is 0.159. The third kappa shape index (κ3) is 1.92. The van der Waals surface area contributed by atoms with E-state index < -0.39 is 17.2 Å². The molecule has 0 aromatic heterocycles. The van der Waals surface area contributed by atoms with Crippen LogP contribution in [0.2, 0.25) is 0 Å². The molecule has 1 aromatic carbocycles. The molecule has 1 fully saturated rings. The monoisotopic (exact) mass is 302 g/mol. The zero-order valence-electron chi connectivity index (χ0n) is 9.04. The molecule has 0 amide bonds. The number of carbonyl (C=O) groups is 1. The summed E-state index contributed by atoms with van der Waals surface area (Å²) >= 11 is 3.09. The Labute approximate surface area is 106 Å². The number of halogens is 2. The third-order valence-corrected chi connectivity index (χ3v) is 4.05. The minimum Gasteiger partial charge on any atom is -0.507 e. The second-order valence-corrected chi connectivity index (χ2v) is 5.23. The minimum atomic E-state index is -1.14. The van der Waals surface area contributed by atoms with Crippen molar-refractivity contribution in [3.8, 4) is 5.75 Å². The van der Waals surface area contributed by atoms with Crippen LogP contribution in [0.1, 0.15) is 31.2 Å². The second kappa shape index (κ2) is 4.29. The Morgan fingerprint density at radius 1 is 1.35 bits per heavy atom. The van der Waals surface area contributed by atoms with Crippen LogP contribution in [0.5, 0.6) is 5.75 Å². The van der Waals surface area contributed by atoms with Crippen molar-refractivity contribution in [1.29, 1.82) is 0 Å². The highest BCUT2D eigenvalue weighted by Crippen LogP contribution is 2.44. The fourth-order valence-electron chi connectivity index (χ4n) is 2.48. The number of carboxylic acid groups (broad SMARTS) is 1. The SMILES string of the molecule is O=C(O)C1(c2cc(Br)c(O)cc2F)CCCC1. The van der Waals surface area contributed by atoms with Crippen molar-refractivity contribution in [3.63, 3.8) is 0 Å². The third-order valence-electron chi connectivity index (χ3n) is 3.42. The molecule has 17 heavy (non-hydrogen) atoms. The van der Waals surface area contributed by atoms with E-state index in [2.05, 4.69) is 15.9 Å². The van der Waals surface area contributed by atoms with E-state index in [0.717, 1.165) is 18.9 Å². The number of carboxylic acids is 1. The number of rotatable bonds is 2. The van der Waals surface area contributed by atoms with Crippen LogP contribution >= 0.6 is 15.9 Å². The molecule has 5 heteroatoms. The number of phenolic OH excluding ortho intramolecular Hbond substituents is 1. The summed E-state index contributed by atoms with van der Waals surface area (Å²) in [5.41, 5.74) is -0.979. The Bertz CT molecular complexity index is 467. The van der Waals surface area contributed by atoms with Gasteiger partial charge in [-0.1, -0.05) is 12.8 Å². The summed E-state index contributed by atoms with van der Waals surface area (Å²) in [6.45, 7) is 0. The van der Waals surface area contributed by atoms with Gasteiger partial charge >= 0.3 is 5.97 Å². The van der Waals surface area contributed by atoms with Gasteiger partial charge in [0.05, 0.1) is 9.89 Å². The van der Waals surface area contributed by atoms with Gasteiger partial charge in [0.15, 0.2) is 0 Å². The maximum Gasteiger partial charge on any atom is 0.314 e. The summed E-state index contributed by atoms with van der Waals surface area (Å²) in [6.07, 6.45) is 2.45. The lowest BCUT2D eigenvalue weighted by atomic mass is 9.78. The fraction of sp³-hybridized carbons (Fsp3) is 0.417. The van der Waals surface area contributed by atoms with E-state index in [0.29, 0.717) is 17.3 Å². The normalized spacial score (nSPS) is 18.2. The molecule has 0 heterocycles. The molecule has 2 rings (SSSR count). The van der Waals surface area contributed by atoms with Crippen LogP contribution in [0.15, 0.2) is 16.6 Å². The Morgan fingerprint density at radius 3 is 2.47 bits per heavy atom. The van der Waals surface area contributed by atoms with Crippen molar-refractivity contribution < 1.29 is 19.4 Å². The lowest BCUT2D eigenvalue weighted by Crippen LogP contribution is -2.33. The maximum atomic E-state index is 13.8. The first-order valence-electron chi connectivity index (χ1n) is 5.39. The van der Waals surface area contributed by atoms with E-state index in [1.807, 2.05) is 0 Å². The summed E-state index contributed by atoms with van der Waals surface area (Å²) in [6, 6.07) is 2.34. The number of benzene rings is 1. The van der Waals surface area contributed by atoms with Gasteiger partial charge in [-0.25, -0.2) is 4.39 Å². The number of hydrogen-bond donors (Lipinski definition) is 2. The van der Waals surface area contributed by atoms with Crippen LogP contribution < -0.4 is 0 Å². The van der Waals surface area contributed by atoms with E-state index in [4.69, 9.17) is 0 Å². The lowest BCUT2D eigenvalue weighted by molar-refractivity contribution is -0.143. The molecular weight excluding hydrogens is 291 g/mol. The van der Waals surface area contributed by atoms with Crippen LogP contribution in [-0.4, -0.2) is 16.2 Å². The first-order valence-corrected chi connectivity index (χ1v) is 6.18. The van der Waals surface area contributed by atoms with Crippen molar-refractivity contribution in [3.05, 3.63) is 28.0 Å². The van der Waals surface area contributed by atoms with Crippen LogP contribution in [-0.2, 0) is 10.2 Å². The standard InChI is InChI=1S/C12H12BrFO3/c13-8-5-7(9(14)6-10(8)15)12(11(16)17)3-1-2-4-12/h5-6,15H,1-4H2,(H,16,17). The summed E-state index contributed by atoms with van der Waals surface area (Å²) in [7, 11) is 0. The molecule has 1 aromatic rings. The summed E-state index contributed by atoms with van der Waals surface area (Å²) in [4.78, 5) is 11.4. The second-order valence-electron chi connectivity index (χ2n) is 4.38. The van der Waals surface area contributed by atoms with Gasteiger partial charge in [0.1, 0.15) is 11.6 Å². The zero-order valence-corrected chi connectivity index (χ0v) is 10.6. The Morgan fingerprint density at radius 2 is 1.94 bits per heavy atom. The van der Waals surface area contributed by atoms with Gasteiger partial charge in [0, 0.05) is 11.6 Å². The highest BCUT2D eigenvalue weighted by Gasteiger charge is 2.44. The maximum absolute atomic E-state index is 13.8. The molecule has 1 aliphatic carbocycles. The van der Waals surface area contributed by atoms with E-state index in [1.165, 1.54) is 6.07 Å². The van der Waals surface area contributed by atoms with Crippen LogP contribution in [0.3, 0.4) is 0 Å². The molecule has 0 aliphatic heterocycles. The summed E-state index contributed by atoms with van der Waals surface area (Å²) in [5.74, 6) is -1.87. The first kappa shape index (κ1) is 12.4. The van der Waals surface area contributed by atoms with E-state index in [-0.39, 0.29) is 11.3 Å². The van der Waals surface area contributed by atoms with Crippen LogP contribution in [0.4, 0.5) is 4.39 Å². The van der Waals surface area contributed by atoms with Crippen molar-refractivity contribution in [1.82, 2.24) is 0 Å². The Balaban J connectivity index is 2.58. The quantitative estimate of drug-likeness (QED) is 0.882. The van der Waals surface area contributed by atoms with Crippen molar-refractivity contribution in [2.45, 2.75) is 31.1 Å². The smallest absolute Gasteiger partial charge is 0.314 e. The van der Waals surface area contributed by atoms with Gasteiger partial charge in [-0.2, -0.15) is 0 Å². The van der Waals surface area contributed by atoms with Gasteiger partial charge in [-0.15, -0.1) is 0 Å². The number of phenols is 1. The Hall–Kier alpha value is -1.10. The van der Waals surface area contributed by atoms with E-state index in [1.54, 1.807) is 0 Å². The molecule has 0 atom stereocenters. The van der Waals surface area contributed by atoms with E-state index >= 15 is 0 Å². The highest BCUT2D eigenvalue weighted by atomic mass is 79.9. The number of aliphatic carboxylic acids is 1. The van der Waals surface area contributed by atoms with Gasteiger partial charge in [0.25, 0.3) is 0 Å². The molecule has 1 aliphatic rings. The highest BCUT2D eigenvalue weighted by molar-refractivity contribution is 9.10. The molecular formula is C12H12BrFO3. The number of hydrogen-bond acceptors (Lipinski definition) is 2. The zero-order chi connectivity index (χ0) is 12.6. The predicted molar refractivity (Wildman–Crippen MR) is 63.5 cm³/mol. The summed E-state index contributed by atoms with van der Waals surface area (Å²) < 4.78 is 14.2. The van der Waals surface area contributed by atoms with Crippen LogP contribution in [0, 0.1) is 5.82 Å². The molecule has 0 spiro atoms. The largest absolute Gasteiger partial charge is 0.507 e. The Kier molecular flexibility index (Phi) is 3.12. The lowest BCUT2D eigenvalue weighted by Gasteiger charge is -2.25. The molecule has 92 valence electrons. The van der Waals surface area contributed by atoms with Gasteiger partial charge in [0.2, 0.25) is 0 Å². The molecule has 0 saturated heterocycles. The molecule has 0 radical (unpaired) electrons. The average Bonchev–Trinajstić information content (AvgIpc) is 2.73. The molecule has 0 unspecified atom stereocenters. The average molecular weight is 303 g/mol. The first-order chi connectivity index (χ1) is 7.97. The molecule has 1 saturated carbocycles. The van der Waals surface area contributed by atoms with Crippen molar-refractivity contribution in [2.24, 2.45) is 0 Å². The van der Waals surface area contributed by atoms with Crippen molar-refractivity contribution >= 4 is 21.9 Å². The predicted octanol–water partition coefficient (Wildman–Crippen LogP) is 3.19. The number of aromatic hydroxyl groups is 1. The molecule has 0 bridgehead atoms. The fourth-order valence-corrected chi connectivity index (χ4v) is 2.82.